The minimum atomic E-state index is 0. The number of rotatable bonds is 7. The Labute approximate surface area is 208 Å². The van der Waals surface area contributed by atoms with Crippen LogP contribution in [0.25, 0.3) is 0 Å². The van der Waals surface area contributed by atoms with Gasteiger partial charge in [-0.15, -0.1) is 24.0 Å². The van der Waals surface area contributed by atoms with Crippen LogP contribution < -0.4 is 25.0 Å². The van der Waals surface area contributed by atoms with Crippen molar-refractivity contribution < 1.29 is 14.0 Å². The van der Waals surface area contributed by atoms with Gasteiger partial charge in [0.05, 0.1) is 19.9 Å². The average molecular weight is 557 g/mol. The zero-order valence-electron chi connectivity index (χ0n) is 19.9. The second kappa shape index (κ2) is 12.2. The van der Waals surface area contributed by atoms with Gasteiger partial charge in [-0.05, 0) is 26.7 Å². The quantitative estimate of drug-likeness (QED) is 0.304. The normalized spacial score (nSPS) is 15.7. The van der Waals surface area contributed by atoms with E-state index in [9.17, 15) is 0 Å². The van der Waals surface area contributed by atoms with Crippen molar-refractivity contribution in [2.45, 2.75) is 45.6 Å². The summed E-state index contributed by atoms with van der Waals surface area (Å²) < 4.78 is 16.1. The van der Waals surface area contributed by atoms with Crippen LogP contribution in [0.2, 0.25) is 0 Å². The Kier molecular flexibility index (Phi) is 9.92. The van der Waals surface area contributed by atoms with Gasteiger partial charge in [0.15, 0.2) is 5.96 Å². The highest BCUT2D eigenvalue weighted by molar-refractivity contribution is 14.0. The number of guanidine groups is 1. The van der Waals surface area contributed by atoms with Gasteiger partial charge < -0.3 is 29.5 Å². The number of aromatic nitrogens is 1. The highest BCUT2D eigenvalue weighted by Crippen LogP contribution is 2.30. The lowest BCUT2D eigenvalue weighted by Gasteiger charge is -2.35. The summed E-state index contributed by atoms with van der Waals surface area (Å²) in [5, 5.41) is 11.1. The van der Waals surface area contributed by atoms with Crippen molar-refractivity contribution in [3.8, 4) is 11.5 Å². The lowest BCUT2D eigenvalue weighted by Crippen LogP contribution is -2.49. The molecule has 2 N–H and O–H groups in total. The molecule has 178 valence electrons. The van der Waals surface area contributed by atoms with Crippen molar-refractivity contribution in [2.75, 3.05) is 45.8 Å². The Morgan fingerprint density at radius 1 is 1.19 bits per heavy atom. The number of nitrogens with one attached hydrogen (secondary N) is 2. The van der Waals surface area contributed by atoms with Crippen LogP contribution in [0.4, 0.5) is 5.69 Å². The first-order valence-electron chi connectivity index (χ1n) is 10.8. The van der Waals surface area contributed by atoms with Gasteiger partial charge in [-0.1, -0.05) is 12.1 Å². The predicted octanol–water partition coefficient (Wildman–Crippen LogP) is 3.86. The molecule has 32 heavy (non-hydrogen) atoms. The number of halogens is 1. The average Bonchev–Trinajstić information content (AvgIpc) is 3.14. The largest absolute Gasteiger partial charge is 0.497 e. The van der Waals surface area contributed by atoms with Gasteiger partial charge in [0.2, 0.25) is 0 Å². The Morgan fingerprint density at radius 2 is 1.81 bits per heavy atom. The third-order valence-corrected chi connectivity index (χ3v) is 5.92. The fraction of sp³-hybridized carbons (Fsp3) is 0.565. The van der Waals surface area contributed by atoms with Gasteiger partial charge in [-0.3, -0.25) is 4.99 Å². The van der Waals surface area contributed by atoms with Gasteiger partial charge in [-0.25, -0.2) is 0 Å². The summed E-state index contributed by atoms with van der Waals surface area (Å²) in [5.74, 6) is 3.63. The van der Waals surface area contributed by atoms with E-state index in [1.807, 2.05) is 27.0 Å². The molecular formula is C23H36IN5O3. The van der Waals surface area contributed by atoms with Crippen LogP contribution in [-0.2, 0) is 0 Å². The summed E-state index contributed by atoms with van der Waals surface area (Å²) in [7, 11) is 5.17. The van der Waals surface area contributed by atoms with Gasteiger partial charge >= 0.3 is 0 Å². The molecule has 3 rings (SSSR count). The Bertz CT molecular complexity index is 852. The van der Waals surface area contributed by atoms with Crippen molar-refractivity contribution in [3.63, 3.8) is 0 Å². The van der Waals surface area contributed by atoms with E-state index >= 15 is 0 Å². The molecule has 0 bridgehead atoms. The number of aryl methyl sites for hydroxylation is 2. The molecule has 9 heteroatoms. The van der Waals surface area contributed by atoms with Crippen LogP contribution >= 0.6 is 24.0 Å². The number of hydrogen-bond donors (Lipinski definition) is 2. The van der Waals surface area contributed by atoms with Crippen molar-refractivity contribution in [1.82, 2.24) is 15.8 Å². The molecule has 8 nitrogen and oxygen atoms in total. The van der Waals surface area contributed by atoms with E-state index in [0.717, 1.165) is 67.1 Å². The molecule has 1 aromatic carbocycles. The van der Waals surface area contributed by atoms with E-state index in [2.05, 4.69) is 44.7 Å². The van der Waals surface area contributed by atoms with Crippen LogP contribution in [0.15, 0.2) is 27.7 Å². The topological polar surface area (TPSA) is 84.2 Å². The number of piperidine rings is 1. The SMILES string of the molecule is CN=C(NCC(C)c1c(C)noc1C)NC1CCN(c2cc(OC)cc(OC)c2)CC1.I. The number of anilines is 1. The van der Waals surface area contributed by atoms with Gasteiger partial charge in [0, 0.05) is 68.1 Å². The third kappa shape index (κ3) is 6.43. The first kappa shape index (κ1) is 26.1. The monoisotopic (exact) mass is 557 g/mol. The van der Waals surface area contributed by atoms with Gasteiger partial charge in [0.25, 0.3) is 0 Å². The molecule has 1 atom stereocenters. The summed E-state index contributed by atoms with van der Waals surface area (Å²) in [6, 6.07) is 6.40. The number of benzene rings is 1. The molecule has 1 aromatic heterocycles. The van der Waals surface area contributed by atoms with E-state index in [0.29, 0.717) is 6.04 Å². The summed E-state index contributed by atoms with van der Waals surface area (Å²) in [6.07, 6.45) is 2.05. The van der Waals surface area contributed by atoms with Crippen molar-refractivity contribution in [2.24, 2.45) is 4.99 Å². The van der Waals surface area contributed by atoms with Gasteiger partial charge in [0.1, 0.15) is 17.3 Å². The number of ether oxygens (including phenoxy) is 2. The van der Waals surface area contributed by atoms with Crippen LogP contribution in [-0.4, -0.2) is 58.1 Å². The fourth-order valence-corrected chi connectivity index (χ4v) is 4.19. The zero-order chi connectivity index (χ0) is 22.4. The van der Waals surface area contributed by atoms with Crippen LogP contribution in [0, 0.1) is 13.8 Å². The van der Waals surface area contributed by atoms with Gasteiger partial charge in [-0.2, -0.15) is 0 Å². The van der Waals surface area contributed by atoms with Crippen molar-refractivity contribution >= 4 is 35.6 Å². The molecule has 1 unspecified atom stereocenters. The molecule has 0 saturated carbocycles. The Hall–Kier alpha value is -2.17. The van der Waals surface area contributed by atoms with Crippen LogP contribution in [0.3, 0.4) is 0 Å². The smallest absolute Gasteiger partial charge is 0.191 e. The maximum Gasteiger partial charge on any atom is 0.191 e. The van der Waals surface area contributed by atoms with Crippen LogP contribution in [0.5, 0.6) is 11.5 Å². The molecule has 0 aliphatic carbocycles. The molecule has 1 aliphatic rings. The number of hydrogen-bond acceptors (Lipinski definition) is 6. The number of aliphatic imine (C=N–C) groups is 1. The minimum absolute atomic E-state index is 0. The summed E-state index contributed by atoms with van der Waals surface area (Å²) in [5.41, 5.74) is 3.26. The molecule has 1 fully saturated rings. The van der Waals surface area contributed by atoms with E-state index in [-0.39, 0.29) is 29.9 Å². The minimum Gasteiger partial charge on any atom is -0.497 e. The van der Waals surface area contributed by atoms with E-state index < -0.39 is 0 Å². The second-order valence-corrected chi connectivity index (χ2v) is 8.07. The molecule has 0 radical (unpaired) electrons. The van der Waals surface area contributed by atoms with E-state index in [1.54, 1.807) is 14.2 Å². The molecule has 2 aromatic rings. The maximum absolute atomic E-state index is 5.41. The molecule has 1 saturated heterocycles. The number of methoxy groups -OCH3 is 2. The van der Waals surface area contributed by atoms with Crippen LogP contribution in [0.1, 0.15) is 42.7 Å². The predicted molar refractivity (Wildman–Crippen MR) is 139 cm³/mol. The molecule has 1 aliphatic heterocycles. The zero-order valence-corrected chi connectivity index (χ0v) is 22.2. The highest BCUT2D eigenvalue weighted by atomic mass is 127. The lowest BCUT2D eigenvalue weighted by atomic mass is 9.99. The molecule has 2 heterocycles. The van der Waals surface area contributed by atoms with Crippen molar-refractivity contribution in [1.29, 1.82) is 0 Å². The first-order valence-corrected chi connectivity index (χ1v) is 10.8. The Morgan fingerprint density at radius 3 is 2.31 bits per heavy atom. The second-order valence-electron chi connectivity index (χ2n) is 8.07. The summed E-state index contributed by atoms with van der Waals surface area (Å²) >= 11 is 0. The highest BCUT2D eigenvalue weighted by Gasteiger charge is 2.22. The number of nitrogens with zero attached hydrogens (tertiary/aromatic N) is 3. The summed E-state index contributed by atoms with van der Waals surface area (Å²) in [4.78, 5) is 6.79. The third-order valence-electron chi connectivity index (χ3n) is 5.92. The fourth-order valence-electron chi connectivity index (χ4n) is 4.19. The lowest BCUT2D eigenvalue weighted by molar-refractivity contribution is 0.391. The van der Waals surface area contributed by atoms with E-state index in [1.165, 1.54) is 5.56 Å². The Balaban J connectivity index is 0.00000363. The molecular weight excluding hydrogens is 521 g/mol. The maximum atomic E-state index is 5.41. The molecule has 0 amide bonds. The van der Waals surface area contributed by atoms with Crippen molar-refractivity contribution in [3.05, 3.63) is 35.2 Å². The molecule has 0 spiro atoms. The summed E-state index contributed by atoms with van der Waals surface area (Å²) in [6.45, 7) is 8.81. The van der Waals surface area contributed by atoms with E-state index in [4.69, 9.17) is 14.0 Å². The standard InChI is InChI=1S/C23H35N5O3.HI/c1-15(22-16(2)27-31-17(22)3)14-25-23(24-4)26-18-7-9-28(10-8-18)19-11-20(29-5)13-21(12-19)30-6;/h11-13,15,18H,7-10,14H2,1-6H3,(H2,24,25,26);1H. The first-order chi connectivity index (χ1) is 14.9.